The molecule has 0 spiro atoms. The average molecular weight is 549 g/mol. The first kappa shape index (κ1) is 28.2. The van der Waals surface area contributed by atoms with E-state index >= 15 is 0 Å². The molecule has 1 aromatic heterocycles. The second kappa shape index (κ2) is 11.3. The third-order valence-electron chi connectivity index (χ3n) is 5.01. The summed E-state index contributed by atoms with van der Waals surface area (Å²) in [5.74, 6) is -0.655. The number of nitrogens with zero attached hydrogens (tertiary/aromatic N) is 2. The Hall–Kier alpha value is -2.41. The molecule has 1 atom stereocenters. The zero-order chi connectivity index (χ0) is 26.6. The number of aryl methyl sites for hydroxylation is 1. The van der Waals surface area contributed by atoms with Crippen LogP contribution in [0.2, 0.25) is 0 Å². The van der Waals surface area contributed by atoms with Crippen LogP contribution in [0.4, 0.5) is 17.6 Å². The van der Waals surface area contributed by atoms with Crippen LogP contribution < -0.4 is 10.5 Å². The summed E-state index contributed by atoms with van der Waals surface area (Å²) in [6.45, 7) is 0.895. The van der Waals surface area contributed by atoms with E-state index in [1.807, 2.05) is 0 Å². The monoisotopic (exact) mass is 549 g/mol. The fraction of sp³-hybridized carbons (Fsp3) is 0.364. The molecular formula is C22H24F4N3O5PS. The Morgan fingerprint density at radius 1 is 1.08 bits per heavy atom. The number of unbranched alkanes of at least 4 members (excludes halogenated alkanes) is 1. The highest BCUT2D eigenvalue weighted by molar-refractivity contribution is 7.46. The highest BCUT2D eigenvalue weighted by Crippen LogP contribution is 2.41. The van der Waals surface area contributed by atoms with E-state index in [-0.39, 0.29) is 33.8 Å². The molecule has 0 aliphatic carbocycles. The van der Waals surface area contributed by atoms with Crippen molar-refractivity contribution in [3.63, 3.8) is 0 Å². The normalized spacial score (nSPS) is 14.0. The summed E-state index contributed by atoms with van der Waals surface area (Å²) in [7, 11) is -4.77. The lowest BCUT2D eigenvalue weighted by Crippen LogP contribution is -2.37. The number of hydrogen-bond donors (Lipinski definition) is 3. The van der Waals surface area contributed by atoms with Gasteiger partial charge < -0.3 is 20.3 Å². The number of nitrogens with two attached hydrogens (primary N) is 1. The lowest BCUT2D eigenvalue weighted by atomic mass is 10.1. The molecular weight excluding hydrogens is 525 g/mol. The second-order valence-electron chi connectivity index (χ2n) is 8.23. The van der Waals surface area contributed by atoms with Gasteiger partial charge in [-0.25, -0.2) is 8.96 Å². The van der Waals surface area contributed by atoms with Crippen molar-refractivity contribution < 1.29 is 41.2 Å². The van der Waals surface area contributed by atoms with Crippen LogP contribution in [0.25, 0.3) is 10.6 Å². The first-order chi connectivity index (χ1) is 16.7. The van der Waals surface area contributed by atoms with Crippen LogP contribution in [0.3, 0.4) is 0 Å². The number of hydrogen-bond acceptors (Lipinski definition) is 7. The summed E-state index contributed by atoms with van der Waals surface area (Å²) in [5, 5.41) is 7.99. The minimum absolute atomic E-state index is 0.0671. The zero-order valence-corrected chi connectivity index (χ0v) is 20.7. The van der Waals surface area contributed by atoms with Gasteiger partial charge in [0.1, 0.15) is 21.6 Å². The van der Waals surface area contributed by atoms with Crippen molar-refractivity contribution >= 4 is 19.2 Å². The van der Waals surface area contributed by atoms with Crippen molar-refractivity contribution in [3.8, 4) is 16.3 Å². The minimum Gasteiger partial charge on any atom is -0.493 e. The third kappa shape index (κ3) is 8.05. The molecule has 0 radical (unpaired) electrons. The summed E-state index contributed by atoms with van der Waals surface area (Å²) in [4.78, 5) is 17.7. The van der Waals surface area contributed by atoms with Crippen LogP contribution in [0, 0.1) is 5.82 Å². The Bertz CT molecular complexity index is 1220. The highest BCUT2D eigenvalue weighted by Gasteiger charge is 2.35. The Morgan fingerprint density at radius 3 is 2.42 bits per heavy atom. The molecule has 2 aromatic carbocycles. The molecule has 0 aliphatic rings. The van der Waals surface area contributed by atoms with E-state index in [0.717, 1.165) is 23.0 Å². The van der Waals surface area contributed by atoms with Gasteiger partial charge in [0.25, 0.3) is 0 Å². The maximum Gasteiger partial charge on any atom is 0.469 e. The molecule has 0 saturated heterocycles. The van der Waals surface area contributed by atoms with Gasteiger partial charge in [-0.3, -0.25) is 4.52 Å². The highest BCUT2D eigenvalue weighted by atomic mass is 32.1. The molecule has 0 amide bonds. The Kier molecular flexibility index (Phi) is 8.86. The van der Waals surface area contributed by atoms with Crippen molar-refractivity contribution in [2.45, 2.75) is 37.9 Å². The molecule has 1 heterocycles. The van der Waals surface area contributed by atoms with Crippen molar-refractivity contribution in [1.82, 2.24) is 10.2 Å². The third-order valence-corrected chi connectivity index (χ3v) is 6.73. The first-order valence-corrected chi connectivity index (χ1v) is 13.0. The molecule has 0 fully saturated rings. The molecule has 0 aliphatic heterocycles. The SMILES string of the molecule is C[C@](N)(COP(=O)(O)O)c1nnc(-c2ccc(OCCCCc3ccc(F)cc3)c(C(F)(F)F)c2)s1. The molecule has 36 heavy (non-hydrogen) atoms. The number of rotatable bonds is 11. The van der Waals surface area contributed by atoms with Gasteiger partial charge in [-0.15, -0.1) is 10.2 Å². The van der Waals surface area contributed by atoms with E-state index < -0.39 is 31.7 Å². The Labute approximate surface area is 208 Å². The number of phosphoric acid groups is 1. The first-order valence-electron chi connectivity index (χ1n) is 10.7. The number of ether oxygens (including phenoxy) is 1. The lowest BCUT2D eigenvalue weighted by Gasteiger charge is -2.21. The molecule has 0 unspecified atom stereocenters. The van der Waals surface area contributed by atoms with Crippen LogP contribution in [0.15, 0.2) is 42.5 Å². The van der Waals surface area contributed by atoms with Gasteiger partial charge >= 0.3 is 14.0 Å². The van der Waals surface area contributed by atoms with Crippen LogP contribution in [0.1, 0.15) is 35.9 Å². The van der Waals surface area contributed by atoms with Crippen LogP contribution in [0.5, 0.6) is 5.75 Å². The minimum atomic E-state index is -4.77. The van der Waals surface area contributed by atoms with Crippen LogP contribution in [-0.4, -0.2) is 33.2 Å². The van der Waals surface area contributed by atoms with Gasteiger partial charge in [0.05, 0.1) is 24.3 Å². The van der Waals surface area contributed by atoms with E-state index in [1.54, 1.807) is 12.1 Å². The van der Waals surface area contributed by atoms with E-state index in [4.69, 9.17) is 20.3 Å². The molecule has 3 rings (SSSR count). The van der Waals surface area contributed by atoms with E-state index in [0.29, 0.717) is 19.3 Å². The molecule has 0 bridgehead atoms. The Morgan fingerprint density at radius 2 is 1.78 bits per heavy atom. The Balaban J connectivity index is 1.67. The lowest BCUT2D eigenvalue weighted by molar-refractivity contribution is -0.138. The second-order valence-corrected chi connectivity index (χ2v) is 10.5. The quantitative estimate of drug-likeness (QED) is 0.172. The van der Waals surface area contributed by atoms with Crippen LogP contribution in [-0.2, 0) is 27.2 Å². The van der Waals surface area contributed by atoms with Crippen molar-refractivity contribution in [2.24, 2.45) is 5.73 Å². The topological polar surface area (TPSA) is 128 Å². The molecule has 8 nitrogen and oxygen atoms in total. The van der Waals surface area contributed by atoms with Gasteiger partial charge in [0, 0.05) is 5.56 Å². The number of phosphoric ester groups is 1. The summed E-state index contributed by atoms with van der Waals surface area (Å²) in [5.41, 5.74) is 4.65. The molecule has 196 valence electrons. The number of alkyl halides is 3. The maximum absolute atomic E-state index is 13.7. The van der Waals surface area contributed by atoms with Crippen LogP contribution >= 0.6 is 19.2 Å². The van der Waals surface area contributed by atoms with Gasteiger partial charge in [0.15, 0.2) is 0 Å². The van der Waals surface area contributed by atoms with Gasteiger partial charge in [-0.1, -0.05) is 23.5 Å². The molecule has 3 aromatic rings. The molecule has 4 N–H and O–H groups in total. The van der Waals surface area contributed by atoms with Gasteiger partial charge in [-0.2, -0.15) is 13.2 Å². The molecule has 14 heteroatoms. The number of aromatic nitrogens is 2. The summed E-state index contributed by atoms with van der Waals surface area (Å²) < 4.78 is 74.9. The predicted molar refractivity (Wildman–Crippen MR) is 125 cm³/mol. The molecule has 0 saturated carbocycles. The maximum atomic E-state index is 13.7. The average Bonchev–Trinajstić information content (AvgIpc) is 3.29. The van der Waals surface area contributed by atoms with Crippen molar-refractivity contribution in [1.29, 1.82) is 0 Å². The fourth-order valence-electron chi connectivity index (χ4n) is 3.13. The zero-order valence-electron chi connectivity index (χ0n) is 19.0. The van der Waals surface area contributed by atoms with Crippen molar-refractivity contribution in [3.05, 3.63) is 64.4 Å². The van der Waals surface area contributed by atoms with Crippen molar-refractivity contribution in [2.75, 3.05) is 13.2 Å². The standard InChI is InChI=1S/C22H24F4N3O5PS/c1-21(27,13-34-35(30,31)32)20-29-28-19(36-20)15-7-10-18(17(12-15)22(24,25)26)33-11-3-2-4-14-5-8-16(23)9-6-14/h5-10,12H,2-4,11,13,27H2,1H3,(H2,30,31,32)/t21-/m0/s1. The summed E-state index contributed by atoms with van der Waals surface area (Å²) in [6, 6.07) is 9.55. The summed E-state index contributed by atoms with van der Waals surface area (Å²) >= 11 is 0.880. The van der Waals surface area contributed by atoms with E-state index in [1.165, 1.54) is 31.2 Å². The van der Waals surface area contributed by atoms with Gasteiger partial charge in [-0.05, 0) is 62.1 Å². The number of halogens is 4. The van der Waals surface area contributed by atoms with Gasteiger partial charge in [0.2, 0.25) is 0 Å². The fourth-order valence-corrected chi connectivity index (χ4v) is 4.45. The largest absolute Gasteiger partial charge is 0.493 e. The smallest absolute Gasteiger partial charge is 0.469 e. The number of benzene rings is 2. The summed E-state index contributed by atoms with van der Waals surface area (Å²) in [6.07, 6.45) is -2.88. The predicted octanol–water partition coefficient (Wildman–Crippen LogP) is 5.05. The van der Waals surface area contributed by atoms with E-state index in [2.05, 4.69) is 14.7 Å². The van der Waals surface area contributed by atoms with E-state index in [9.17, 15) is 22.1 Å².